The number of benzene rings is 2. The van der Waals surface area contributed by atoms with E-state index in [4.69, 9.17) is 9.84 Å². The Morgan fingerprint density at radius 1 is 1.16 bits per heavy atom. The topological polar surface area (TPSA) is 64.3 Å². The average molecular weight is 334 g/mol. The summed E-state index contributed by atoms with van der Waals surface area (Å²) in [7, 11) is 0. The minimum atomic E-state index is -0.409. The van der Waals surface area contributed by atoms with Gasteiger partial charge in [-0.25, -0.2) is 9.78 Å². The van der Waals surface area contributed by atoms with E-state index in [1.165, 1.54) is 6.08 Å². The average Bonchev–Trinajstić information content (AvgIpc) is 3.20. The Labute approximate surface area is 145 Å². The first-order valence-electron chi connectivity index (χ1n) is 7.86. The molecule has 25 heavy (non-hydrogen) atoms. The summed E-state index contributed by atoms with van der Waals surface area (Å²) in [5.41, 5.74) is 3.55. The highest BCUT2D eigenvalue weighted by Gasteiger charge is 2.01. The lowest BCUT2D eigenvalue weighted by Crippen LogP contribution is -2.01. The second-order valence-corrected chi connectivity index (χ2v) is 5.48. The summed E-state index contributed by atoms with van der Waals surface area (Å²) in [5, 5.41) is 9.11. The Kier molecular flexibility index (Phi) is 5.39. The van der Waals surface area contributed by atoms with Crippen LogP contribution in [0.15, 0.2) is 73.3 Å². The zero-order valence-electron chi connectivity index (χ0n) is 13.6. The first kappa shape index (κ1) is 16.7. The molecular weight excluding hydrogens is 316 g/mol. The van der Waals surface area contributed by atoms with E-state index in [1.54, 1.807) is 18.6 Å². The molecule has 0 saturated carbocycles. The Balaban J connectivity index is 1.54. The van der Waals surface area contributed by atoms with Gasteiger partial charge in [-0.15, -0.1) is 0 Å². The lowest BCUT2D eigenvalue weighted by molar-refractivity contribution is -0.138. The number of hydrogen-bond acceptors (Lipinski definition) is 4. The molecule has 0 bridgehead atoms. The second kappa shape index (κ2) is 8.08. The van der Waals surface area contributed by atoms with Crippen LogP contribution in [-0.2, 0) is 22.7 Å². The van der Waals surface area contributed by atoms with Gasteiger partial charge < -0.3 is 14.4 Å². The highest BCUT2D eigenvalue weighted by Crippen LogP contribution is 2.11. The minimum Gasteiger partial charge on any atom is -0.458 e. The molecule has 1 heterocycles. The molecule has 3 rings (SSSR count). The summed E-state index contributed by atoms with van der Waals surface area (Å²) < 4.78 is 7.14. The Bertz CT molecular complexity index is 853. The van der Waals surface area contributed by atoms with Gasteiger partial charge in [0.1, 0.15) is 6.61 Å². The molecule has 0 atom stereocenters. The fourth-order valence-electron chi connectivity index (χ4n) is 2.34. The number of aliphatic hydroxyl groups excluding tert-OH is 1. The lowest BCUT2D eigenvalue weighted by atomic mass is 10.1. The molecule has 5 heteroatoms. The third kappa shape index (κ3) is 4.65. The number of hydrogen-bond donors (Lipinski definition) is 1. The number of aromatic nitrogens is 2. The quantitative estimate of drug-likeness (QED) is 0.556. The van der Waals surface area contributed by atoms with Crippen molar-refractivity contribution in [3.05, 3.63) is 90.0 Å². The van der Waals surface area contributed by atoms with E-state index >= 15 is 0 Å². The first-order valence-corrected chi connectivity index (χ1v) is 7.86. The van der Waals surface area contributed by atoms with Gasteiger partial charge >= 0.3 is 5.97 Å². The van der Waals surface area contributed by atoms with E-state index in [1.807, 2.05) is 59.3 Å². The molecule has 1 aromatic heterocycles. The predicted molar refractivity (Wildman–Crippen MR) is 94.8 cm³/mol. The number of rotatable bonds is 6. The van der Waals surface area contributed by atoms with Crippen molar-refractivity contribution >= 4 is 12.0 Å². The molecule has 0 aliphatic heterocycles. The van der Waals surface area contributed by atoms with Crippen LogP contribution in [0.2, 0.25) is 0 Å². The normalized spacial score (nSPS) is 10.9. The molecule has 0 aliphatic carbocycles. The minimum absolute atomic E-state index is 0.0266. The van der Waals surface area contributed by atoms with Gasteiger partial charge in [0.2, 0.25) is 0 Å². The van der Waals surface area contributed by atoms with Crippen molar-refractivity contribution in [1.29, 1.82) is 0 Å². The van der Waals surface area contributed by atoms with E-state index < -0.39 is 5.97 Å². The maximum absolute atomic E-state index is 11.8. The number of carbonyl (C=O) groups excluding carboxylic acids is 1. The van der Waals surface area contributed by atoms with E-state index in [9.17, 15) is 4.79 Å². The first-order chi connectivity index (χ1) is 12.2. The van der Waals surface area contributed by atoms with E-state index in [0.717, 1.165) is 22.4 Å². The van der Waals surface area contributed by atoms with Crippen molar-refractivity contribution in [3.8, 4) is 5.69 Å². The zero-order chi connectivity index (χ0) is 17.5. The monoisotopic (exact) mass is 334 g/mol. The van der Waals surface area contributed by atoms with Crippen LogP contribution >= 0.6 is 0 Å². The highest BCUT2D eigenvalue weighted by atomic mass is 16.5. The molecule has 3 aromatic rings. The van der Waals surface area contributed by atoms with Crippen molar-refractivity contribution in [2.24, 2.45) is 0 Å². The SMILES string of the molecule is O=C(/C=C/c1cccc(CO)c1)OCc1ccc(-n2ccnc2)cc1. The van der Waals surface area contributed by atoms with Crippen LogP contribution in [0, 0.1) is 0 Å². The van der Waals surface area contributed by atoms with Crippen molar-refractivity contribution < 1.29 is 14.6 Å². The third-order valence-corrected chi connectivity index (χ3v) is 3.67. The predicted octanol–water partition coefficient (Wildman–Crippen LogP) is 3.12. The molecule has 0 saturated heterocycles. The van der Waals surface area contributed by atoms with Gasteiger partial charge in [0.05, 0.1) is 12.9 Å². The Morgan fingerprint density at radius 2 is 2.00 bits per heavy atom. The van der Waals surface area contributed by atoms with Crippen LogP contribution in [0.25, 0.3) is 11.8 Å². The number of nitrogens with zero attached hydrogens (tertiary/aromatic N) is 2. The van der Waals surface area contributed by atoms with Crippen molar-refractivity contribution in [2.75, 3.05) is 0 Å². The molecule has 2 aromatic carbocycles. The summed E-state index contributed by atoms with van der Waals surface area (Å²) >= 11 is 0. The fraction of sp³-hybridized carbons (Fsp3) is 0.100. The molecular formula is C20H18N2O3. The largest absolute Gasteiger partial charge is 0.458 e. The number of aliphatic hydroxyl groups is 1. The van der Waals surface area contributed by atoms with Gasteiger partial charge in [-0.3, -0.25) is 0 Å². The van der Waals surface area contributed by atoms with E-state index in [0.29, 0.717) is 0 Å². The number of imidazole rings is 1. The molecule has 0 radical (unpaired) electrons. The molecule has 0 aliphatic rings. The Morgan fingerprint density at radius 3 is 2.72 bits per heavy atom. The molecule has 0 fully saturated rings. The van der Waals surface area contributed by atoms with Crippen LogP contribution in [0.4, 0.5) is 0 Å². The summed E-state index contributed by atoms with van der Waals surface area (Å²) in [6.45, 7) is 0.186. The van der Waals surface area contributed by atoms with Crippen LogP contribution in [0.5, 0.6) is 0 Å². The maximum Gasteiger partial charge on any atom is 0.331 e. The highest BCUT2D eigenvalue weighted by molar-refractivity contribution is 5.87. The Hall–Kier alpha value is -3.18. The van der Waals surface area contributed by atoms with Gasteiger partial charge in [0.15, 0.2) is 0 Å². The molecule has 1 N–H and O–H groups in total. The number of carbonyl (C=O) groups is 1. The smallest absolute Gasteiger partial charge is 0.331 e. The van der Waals surface area contributed by atoms with Gasteiger partial charge in [-0.2, -0.15) is 0 Å². The van der Waals surface area contributed by atoms with Crippen molar-refractivity contribution in [2.45, 2.75) is 13.2 Å². The van der Waals surface area contributed by atoms with Crippen molar-refractivity contribution in [3.63, 3.8) is 0 Å². The summed E-state index contributed by atoms with van der Waals surface area (Å²) in [4.78, 5) is 15.8. The second-order valence-electron chi connectivity index (χ2n) is 5.48. The standard InChI is InChI=1S/C20H18N2O3/c23-13-18-3-1-2-16(12-18)6-9-20(24)25-14-17-4-7-19(8-5-17)22-11-10-21-15-22/h1-12,15,23H,13-14H2/b9-6+. The number of esters is 1. The van der Waals surface area contributed by atoms with Crippen molar-refractivity contribution in [1.82, 2.24) is 9.55 Å². The van der Waals surface area contributed by atoms with Crippen LogP contribution in [0.3, 0.4) is 0 Å². The molecule has 0 unspecified atom stereocenters. The lowest BCUT2D eigenvalue weighted by Gasteiger charge is -2.05. The third-order valence-electron chi connectivity index (χ3n) is 3.67. The summed E-state index contributed by atoms with van der Waals surface area (Å²) in [6.07, 6.45) is 8.37. The number of ether oxygens (including phenoxy) is 1. The van der Waals surface area contributed by atoms with E-state index in [-0.39, 0.29) is 13.2 Å². The van der Waals surface area contributed by atoms with Gasteiger partial charge in [0.25, 0.3) is 0 Å². The maximum atomic E-state index is 11.8. The summed E-state index contributed by atoms with van der Waals surface area (Å²) in [5.74, 6) is -0.409. The molecule has 0 spiro atoms. The van der Waals surface area contributed by atoms with Gasteiger partial charge in [-0.05, 0) is 41.0 Å². The van der Waals surface area contributed by atoms with Gasteiger partial charge in [0, 0.05) is 24.2 Å². The molecule has 126 valence electrons. The van der Waals surface area contributed by atoms with Crippen LogP contribution in [0.1, 0.15) is 16.7 Å². The summed E-state index contributed by atoms with van der Waals surface area (Å²) in [6, 6.07) is 15.0. The van der Waals surface area contributed by atoms with E-state index in [2.05, 4.69) is 4.98 Å². The van der Waals surface area contributed by atoms with Crippen LogP contribution in [-0.4, -0.2) is 20.6 Å². The fourth-order valence-corrected chi connectivity index (χ4v) is 2.34. The molecule has 5 nitrogen and oxygen atoms in total. The zero-order valence-corrected chi connectivity index (χ0v) is 13.6. The van der Waals surface area contributed by atoms with Crippen LogP contribution < -0.4 is 0 Å². The molecule has 0 amide bonds. The van der Waals surface area contributed by atoms with Gasteiger partial charge in [-0.1, -0.05) is 30.3 Å².